The molecule has 1 saturated heterocycles. The van der Waals surface area contributed by atoms with Crippen molar-refractivity contribution >= 4 is 32.5 Å². The molecular weight excluding hydrogens is 466 g/mol. The van der Waals surface area contributed by atoms with Gasteiger partial charge in [0.25, 0.3) is 5.91 Å². The van der Waals surface area contributed by atoms with Crippen molar-refractivity contribution in [2.24, 2.45) is 0 Å². The van der Waals surface area contributed by atoms with Crippen LogP contribution in [-0.2, 0) is 21.2 Å². The number of carbonyl (C=O) groups excluding carboxylic acids is 1. The number of aromatic amines is 1. The third-order valence-corrected chi connectivity index (χ3v) is 8.68. The Morgan fingerprint density at radius 1 is 1.03 bits per heavy atom. The van der Waals surface area contributed by atoms with E-state index >= 15 is 0 Å². The summed E-state index contributed by atoms with van der Waals surface area (Å²) >= 11 is 0. The van der Waals surface area contributed by atoms with Crippen molar-refractivity contribution in [3.8, 4) is 0 Å². The molecule has 9 heteroatoms. The minimum atomic E-state index is -3.76. The van der Waals surface area contributed by atoms with Crippen LogP contribution in [0.5, 0.6) is 0 Å². The first-order valence-corrected chi connectivity index (χ1v) is 13.4. The Kier molecular flexibility index (Phi) is 6.25. The summed E-state index contributed by atoms with van der Waals surface area (Å²) in [5.41, 5.74) is 3.39. The Hall–Kier alpha value is -3.01. The molecule has 0 unspecified atom stereocenters. The number of pyridine rings is 1. The average molecular weight is 496 g/mol. The monoisotopic (exact) mass is 495 g/mol. The number of amides is 1. The maximum atomic E-state index is 13.8. The number of carbonyl (C=O) groups is 1. The second-order valence-electron chi connectivity index (χ2n) is 9.37. The number of sulfonamides is 1. The van der Waals surface area contributed by atoms with E-state index < -0.39 is 15.6 Å². The predicted molar refractivity (Wildman–Crippen MR) is 135 cm³/mol. The standard InChI is InChI=1S/C26H29N3O5S/c1-17(2)18-5-8-24-19(14-18)4-3-9-29(24)26(31)22-16-25(30)27-23-7-6-20(15-21(22)23)35(32,33)28-10-12-34-13-11-28/h5-8,14-17H,3-4,9-13H2,1-2H3,(H,27,30). The van der Waals surface area contributed by atoms with Gasteiger partial charge in [-0.15, -0.1) is 0 Å². The molecule has 35 heavy (non-hydrogen) atoms. The Morgan fingerprint density at radius 2 is 1.80 bits per heavy atom. The highest BCUT2D eigenvalue weighted by Crippen LogP contribution is 2.32. The van der Waals surface area contributed by atoms with Gasteiger partial charge in [0, 0.05) is 42.3 Å². The summed E-state index contributed by atoms with van der Waals surface area (Å²) in [6.07, 6.45) is 1.70. The van der Waals surface area contributed by atoms with Gasteiger partial charge in [-0.2, -0.15) is 4.31 Å². The minimum Gasteiger partial charge on any atom is -0.379 e. The molecule has 0 spiro atoms. The summed E-state index contributed by atoms with van der Waals surface area (Å²) in [5, 5.41) is 0.412. The van der Waals surface area contributed by atoms with Gasteiger partial charge in [-0.1, -0.05) is 26.0 Å². The number of nitrogens with zero attached hydrogens (tertiary/aromatic N) is 2. The molecule has 184 valence electrons. The number of ether oxygens (including phenoxy) is 1. The van der Waals surface area contributed by atoms with Crippen molar-refractivity contribution in [1.82, 2.24) is 9.29 Å². The zero-order valence-corrected chi connectivity index (χ0v) is 20.7. The van der Waals surface area contributed by atoms with Crippen LogP contribution in [0.3, 0.4) is 0 Å². The molecule has 5 rings (SSSR count). The number of nitrogens with one attached hydrogen (secondary N) is 1. The lowest BCUT2D eigenvalue weighted by Crippen LogP contribution is -2.40. The van der Waals surface area contributed by atoms with Crippen LogP contribution in [0.15, 0.2) is 52.2 Å². The maximum Gasteiger partial charge on any atom is 0.259 e. The van der Waals surface area contributed by atoms with Gasteiger partial charge in [0.15, 0.2) is 0 Å². The third-order valence-electron chi connectivity index (χ3n) is 6.79. The second kappa shape index (κ2) is 9.22. The highest BCUT2D eigenvalue weighted by molar-refractivity contribution is 7.89. The van der Waals surface area contributed by atoms with E-state index in [2.05, 4.69) is 24.9 Å². The number of anilines is 1. The zero-order valence-electron chi connectivity index (χ0n) is 19.9. The number of morpholine rings is 1. The molecule has 1 N–H and O–H groups in total. The average Bonchev–Trinajstić information content (AvgIpc) is 2.87. The number of hydrogen-bond donors (Lipinski definition) is 1. The van der Waals surface area contributed by atoms with E-state index in [-0.39, 0.29) is 29.5 Å². The highest BCUT2D eigenvalue weighted by atomic mass is 32.2. The molecule has 0 radical (unpaired) electrons. The van der Waals surface area contributed by atoms with Crippen molar-refractivity contribution in [2.75, 3.05) is 37.7 Å². The molecule has 0 saturated carbocycles. The molecule has 1 amide bonds. The highest BCUT2D eigenvalue weighted by Gasteiger charge is 2.29. The van der Waals surface area contributed by atoms with Crippen LogP contribution in [0.25, 0.3) is 10.9 Å². The number of H-pyrrole nitrogens is 1. The first-order valence-electron chi connectivity index (χ1n) is 12.0. The molecule has 1 fully saturated rings. The van der Waals surface area contributed by atoms with Crippen molar-refractivity contribution < 1.29 is 17.9 Å². The largest absolute Gasteiger partial charge is 0.379 e. The number of fused-ring (bicyclic) bond motifs is 2. The van der Waals surface area contributed by atoms with Crippen LogP contribution >= 0.6 is 0 Å². The maximum absolute atomic E-state index is 13.8. The van der Waals surface area contributed by atoms with Gasteiger partial charge in [0.2, 0.25) is 15.6 Å². The lowest BCUT2D eigenvalue weighted by Gasteiger charge is -2.30. The van der Waals surface area contributed by atoms with Gasteiger partial charge in [0.1, 0.15) is 0 Å². The Balaban J connectivity index is 1.58. The fourth-order valence-electron chi connectivity index (χ4n) is 4.84. The molecule has 0 atom stereocenters. The van der Waals surface area contributed by atoms with E-state index in [4.69, 9.17) is 4.74 Å². The third kappa shape index (κ3) is 4.39. The fraction of sp³-hybridized carbons (Fsp3) is 0.385. The molecule has 0 aliphatic carbocycles. The fourth-order valence-corrected chi connectivity index (χ4v) is 6.27. The molecule has 2 aliphatic rings. The molecule has 2 aromatic carbocycles. The van der Waals surface area contributed by atoms with Crippen LogP contribution in [0, 0.1) is 0 Å². The quantitative estimate of drug-likeness (QED) is 0.599. The van der Waals surface area contributed by atoms with E-state index in [0.29, 0.717) is 36.6 Å². The van der Waals surface area contributed by atoms with Crippen LogP contribution in [0.2, 0.25) is 0 Å². The number of hydrogen-bond acceptors (Lipinski definition) is 5. The van der Waals surface area contributed by atoms with Crippen LogP contribution < -0.4 is 10.5 Å². The summed E-state index contributed by atoms with van der Waals surface area (Å²) in [4.78, 5) is 30.8. The molecule has 1 aromatic heterocycles. The minimum absolute atomic E-state index is 0.0913. The van der Waals surface area contributed by atoms with Crippen molar-refractivity contribution in [1.29, 1.82) is 0 Å². The van der Waals surface area contributed by atoms with Gasteiger partial charge < -0.3 is 14.6 Å². The topological polar surface area (TPSA) is 99.8 Å². The predicted octanol–water partition coefficient (Wildman–Crippen LogP) is 3.27. The molecule has 3 heterocycles. The van der Waals surface area contributed by atoms with E-state index in [1.54, 1.807) is 11.0 Å². The normalized spacial score (nSPS) is 17.1. The van der Waals surface area contributed by atoms with E-state index in [0.717, 1.165) is 24.1 Å². The molecule has 8 nitrogen and oxygen atoms in total. The summed E-state index contributed by atoms with van der Waals surface area (Å²) in [5.74, 6) is 0.0788. The van der Waals surface area contributed by atoms with E-state index in [9.17, 15) is 18.0 Å². The van der Waals surface area contributed by atoms with Gasteiger partial charge in [-0.05, 0) is 54.2 Å². The number of rotatable bonds is 4. The van der Waals surface area contributed by atoms with E-state index in [1.165, 1.54) is 28.1 Å². The molecule has 3 aromatic rings. The number of aromatic nitrogens is 1. The van der Waals surface area contributed by atoms with Crippen molar-refractivity contribution in [3.05, 3.63) is 69.5 Å². The van der Waals surface area contributed by atoms with Crippen LogP contribution in [0.4, 0.5) is 5.69 Å². The van der Waals surface area contributed by atoms with Crippen molar-refractivity contribution in [3.63, 3.8) is 0 Å². The molecule has 2 aliphatic heterocycles. The SMILES string of the molecule is CC(C)c1ccc2c(c1)CCCN2C(=O)c1cc(=O)[nH]c2ccc(S(=O)(=O)N3CCOCC3)cc12. The van der Waals surface area contributed by atoms with Gasteiger partial charge in [-0.25, -0.2) is 8.42 Å². The van der Waals surface area contributed by atoms with Gasteiger partial charge >= 0.3 is 0 Å². The Bertz CT molecular complexity index is 1460. The zero-order chi connectivity index (χ0) is 24.7. The summed E-state index contributed by atoms with van der Waals surface area (Å²) < 4.78 is 33.1. The smallest absolute Gasteiger partial charge is 0.259 e. The van der Waals surface area contributed by atoms with Crippen LogP contribution in [-0.4, -0.2) is 56.5 Å². The first-order chi connectivity index (χ1) is 16.8. The van der Waals surface area contributed by atoms with E-state index in [1.807, 2.05) is 12.1 Å². The summed E-state index contributed by atoms with van der Waals surface area (Å²) in [6, 6.07) is 12.0. The van der Waals surface area contributed by atoms with Crippen molar-refractivity contribution in [2.45, 2.75) is 37.5 Å². The number of aryl methyl sites for hydroxylation is 1. The van der Waals surface area contributed by atoms with Crippen LogP contribution in [0.1, 0.15) is 47.7 Å². The first kappa shape index (κ1) is 23.7. The summed E-state index contributed by atoms with van der Waals surface area (Å²) in [7, 11) is -3.76. The molecular formula is C26H29N3O5S. The Morgan fingerprint density at radius 3 is 2.54 bits per heavy atom. The lowest BCUT2D eigenvalue weighted by atomic mass is 9.94. The molecule has 0 bridgehead atoms. The second-order valence-corrected chi connectivity index (χ2v) is 11.3. The van der Waals surface area contributed by atoms with Gasteiger partial charge in [-0.3, -0.25) is 9.59 Å². The van der Waals surface area contributed by atoms with Gasteiger partial charge in [0.05, 0.1) is 23.7 Å². The summed E-state index contributed by atoms with van der Waals surface area (Å²) in [6.45, 7) is 6.05. The number of benzene rings is 2. The lowest BCUT2D eigenvalue weighted by molar-refractivity contribution is 0.0730. The Labute approximate surface area is 204 Å².